The van der Waals surface area contributed by atoms with Crippen molar-refractivity contribution in [1.82, 2.24) is 10.2 Å². The number of nitrogens with zero attached hydrogens (tertiary/aromatic N) is 1. The molecule has 0 unspecified atom stereocenters. The standard InChI is InChI=1S/C17H25N3O3/c1-2-23-17(22)20-12-9-15(10-13-20)19-16(21)8-11-18-14-6-4-3-5-7-14/h3-7,15,18H,2,8-13H2,1H3,(H,19,21). The highest BCUT2D eigenvalue weighted by atomic mass is 16.6. The molecule has 1 fully saturated rings. The van der Waals surface area contributed by atoms with Crippen LogP contribution in [0.25, 0.3) is 0 Å². The molecule has 126 valence electrons. The number of carbonyl (C=O) groups excluding carboxylic acids is 2. The van der Waals surface area contributed by atoms with Crippen molar-refractivity contribution in [2.45, 2.75) is 32.2 Å². The minimum Gasteiger partial charge on any atom is -0.450 e. The SMILES string of the molecule is CCOC(=O)N1CCC(NC(=O)CCNc2ccccc2)CC1. The summed E-state index contributed by atoms with van der Waals surface area (Å²) in [5, 5.41) is 6.26. The van der Waals surface area contributed by atoms with E-state index in [-0.39, 0.29) is 18.0 Å². The highest BCUT2D eigenvalue weighted by Crippen LogP contribution is 2.12. The van der Waals surface area contributed by atoms with Gasteiger partial charge in [0.25, 0.3) is 0 Å². The third kappa shape index (κ3) is 5.81. The zero-order valence-electron chi connectivity index (χ0n) is 13.6. The van der Waals surface area contributed by atoms with Crippen LogP contribution in [-0.2, 0) is 9.53 Å². The number of rotatable bonds is 6. The zero-order valence-corrected chi connectivity index (χ0v) is 13.6. The number of amides is 2. The van der Waals surface area contributed by atoms with Crippen LogP contribution in [0.1, 0.15) is 26.2 Å². The van der Waals surface area contributed by atoms with Crippen LogP contribution in [0.2, 0.25) is 0 Å². The second-order valence-corrected chi connectivity index (χ2v) is 5.57. The molecule has 1 aromatic carbocycles. The highest BCUT2D eigenvalue weighted by molar-refractivity contribution is 5.77. The average molecular weight is 319 g/mol. The van der Waals surface area contributed by atoms with Gasteiger partial charge in [-0.3, -0.25) is 4.79 Å². The largest absolute Gasteiger partial charge is 0.450 e. The molecule has 6 nitrogen and oxygen atoms in total. The molecule has 0 bridgehead atoms. The van der Waals surface area contributed by atoms with Gasteiger partial charge in [0.05, 0.1) is 6.61 Å². The molecule has 1 saturated heterocycles. The van der Waals surface area contributed by atoms with E-state index in [0.717, 1.165) is 18.5 Å². The number of hydrogen-bond acceptors (Lipinski definition) is 4. The summed E-state index contributed by atoms with van der Waals surface area (Å²) in [4.78, 5) is 25.3. The number of ether oxygens (including phenoxy) is 1. The van der Waals surface area contributed by atoms with Crippen molar-refractivity contribution in [3.63, 3.8) is 0 Å². The first-order chi connectivity index (χ1) is 11.2. The van der Waals surface area contributed by atoms with E-state index in [9.17, 15) is 9.59 Å². The van der Waals surface area contributed by atoms with Crippen molar-refractivity contribution in [2.24, 2.45) is 0 Å². The molecule has 2 rings (SSSR count). The van der Waals surface area contributed by atoms with Gasteiger partial charge in [-0.05, 0) is 31.9 Å². The summed E-state index contributed by atoms with van der Waals surface area (Å²) in [5.74, 6) is 0.0445. The van der Waals surface area contributed by atoms with Crippen molar-refractivity contribution < 1.29 is 14.3 Å². The molecule has 2 amide bonds. The molecule has 23 heavy (non-hydrogen) atoms. The second kappa shape index (κ2) is 9.02. The molecule has 6 heteroatoms. The van der Waals surface area contributed by atoms with E-state index in [1.54, 1.807) is 11.8 Å². The lowest BCUT2D eigenvalue weighted by Crippen LogP contribution is -2.46. The fraction of sp³-hybridized carbons (Fsp3) is 0.529. The molecular weight excluding hydrogens is 294 g/mol. The number of carbonyl (C=O) groups is 2. The minimum absolute atomic E-state index is 0.0445. The Morgan fingerprint density at radius 1 is 1.22 bits per heavy atom. The van der Waals surface area contributed by atoms with Crippen LogP contribution in [0.4, 0.5) is 10.5 Å². The third-order valence-electron chi connectivity index (χ3n) is 3.84. The predicted octanol–water partition coefficient (Wildman–Crippen LogP) is 2.23. The molecule has 2 N–H and O–H groups in total. The van der Waals surface area contributed by atoms with Gasteiger partial charge in [0.1, 0.15) is 0 Å². The lowest BCUT2D eigenvalue weighted by atomic mass is 10.1. The Balaban J connectivity index is 1.62. The van der Waals surface area contributed by atoms with Gasteiger partial charge in [-0.1, -0.05) is 18.2 Å². The number of piperidine rings is 1. The Morgan fingerprint density at radius 3 is 2.57 bits per heavy atom. The number of hydrogen-bond donors (Lipinski definition) is 2. The molecule has 0 atom stereocenters. The summed E-state index contributed by atoms with van der Waals surface area (Å²) in [6.07, 6.45) is 1.73. The van der Waals surface area contributed by atoms with Crippen LogP contribution in [0.3, 0.4) is 0 Å². The van der Waals surface area contributed by atoms with Crippen LogP contribution in [-0.4, -0.2) is 49.2 Å². The van der Waals surface area contributed by atoms with Crippen molar-refractivity contribution in [1.29, 1.82) is 0 Å². The molecule has 0 radical (unpaired) electrons. The van der Waals surface area contributed by atoms with Gasteiger partial charge in [0.2, 0.25) is 5.91 Å². The Bertz CT molecular complexity index is 499. The van der Waals surface area contributed by atoms with E-state index in [1.807, 2.05) is 30.3 Å². The van der Waals surface area contributed by atoms with Crippen molar-refractivity contribution in [3.8, 4) is 0 Å². The first-order valence-corrected chi connectivity index (χ1v) is 8.19. The summed E-state index contributed by atoms with van der Waals surface area (Å²) < 4.78 is 4.98. The third-order valence-corrected chi connectivity index (χ3v) is 3.84. The van der Waals surface area contributed by atoms with Gasteiger partial charge in [0.15, 0.2) is 0 Å². The fourth-order valence-electron chi connectivity index (χ4n) is 2.60. The number of anilines is 1. The summed E-state index contributed by atoms with van der Waals surface area (Å²) in [6, 6.07) is 9.97. The Hall–Kier alpha value is -2.24. The molecule has 1 heterocycles. The van der Waals surface area contributed by atoms with Gasteiger partial charge in [-0.25, -0.2) is 4.79 Å². The lowest BCUT2D eigenvalue weighted by molar-refractivity contribution is -0.121. The van der Waals surface area contributed by atoms with Crippen LogP contribution in [0.15, 0.2) is 30.3 Å². The van der Waals surface area contributed by atoms with E-state index in [4.69, 9.17) is 4.74 Å². The van der Waals surface area contributed by atoms with Crippen molar-refractivity contribution >= 4 is 17.7 Å². The highest BCUT2D eigenvalue weighted by Gasteiger charge is 2.24. The van der Waals surface area contributed by atoms with Crippen molar-refractivity contribution in [2.75, 3.05) is 31.6 Å². The molecule has 1 aliphatic rings. The Morgan fingerprint density at radius 2 is 1.91 bits per heavy atom. The van der Waals surface area contributed by atoms with Gasteiger partial charge in [0, 0.05) is 37.8 Å². The first-order valence-electron chi connectivity index (χ1n) is 8.19. The Labute approximate surface area is 137 Å². The Kier molecular flexibility index (Phi) is 6.72. The van der Waals surface area contributed by atoms with Crippen molar-refractivity contribution in [3.05, 3.63) is 30.3 Å². The summed E-state index contributed by atoms with van der Waals surface area (Å²) >= 11 is 0. The molecule has 0 aromatic heterocycles. The fourth-order valence-corrected chi connectivity index (χ4v) is 2.60. The molecule has 1 aliphatic heterocycles. The van der Waals surface area contributed by atoms with Crippen LogP contribution in [0.5, 0.6) is 0 Å². The molecule has 0 aliphatic carbocycles. The van der Waals surface area contributed by atoms with E-state index >= 15 is 0 Å². The summed E-state index contributed by atoms with van der Waals surface area (Å²) in [7, 11) is 0. The molecular formula is C17H25N3O3. The van der Waals surface area contributed by atoms with Gasteiger partial charge >= 0.3 is 6.09 Å². The van der Waals surface area contributed by atoms with Crippen LogP contribution < -0.4 is 10.6 Å². The van der Waals surface area contributed by atoms with Crippen LogP contribution in [0, 0.1) is 0 Å². The maximum absolute atomic E-state index is 12.0. The molecule has 0 spiro atoms. The number of nitrogens with one attached hydrogen (secondary N) is 2. The maximum Gasteiger partial charge on any atom is 0.409 e. The lowest BCUT2D eigenvalue weighted by Gasteiger charge is -2.31. The van der Waals surface area contributed by atoms with Gasteiger partial charge in [-0.2, -0.15) is 0 Å². The number of likely N-dealkylation sites (tertiary alicyclic amines) is 1. The maximum atomic E-state index is 12.0. The number of para-hydroxylation sites is 1. The molecule has 1 aromatic rings. The topological polar surface area (TPSA) is 70.7 Å². The minimum atomic E-state index is -0.260. The zero-order chi connectivity index (χ0) is 16.5. The smallest absolute Gasteiger partial charge is 0.409 e. The monoisotopic (exact) mass is 319 g/mol. The normalized spacial score (nSPS) is 15.1. The quantitative estimate of drug-likeness (QED) is 0.843. The van der Waals surface area contributed by atoms with Gasteiger partial charge in [-0.15, -0.1) is 0 Å². The summed E-state index contributed by atoms with van der Waals surface area (Å²) in [6.45, 7) is 4.06. The molecule has 0 saturated carbocycles. The van der Waals surface area contributed by atoms with E-state index in [1.165, 1.54) is 0 Å². The van der Waals surface area contributed by atoms with Gasteiger partial charge < -0.3 is 20.3 Å². The first kappa shape index (κ1) is 17.1. The van der Waals surface area contributed by atoms with E-state index < -0.39 is 0 Å². The van der Waals surface area contributed by atoms with E-state index in [0.29, 0.717) is 32.7 Å². The van der Waals surface area contributed by atoms with E-state index in [2.05, 4.69) is 10.6 Å². The average Bonchev–Trinajstić information content (AvgIpc) is 2.57. The predicted molar refractivity (Wildman–Crippen MR) is 89.3 cm³/mol. The van der Waals surface area contributed by atoms with Crippen LogP contribution >= 0.6 is 0 Å². The number of benzene rings is 1. The second-order valence-electron chi connectivity index (χ2n) is 5.57. The summed E-state index contributed by atoms with van der Waals surface area (Å²) in [5.41, 5.74) is 1.02.